The van der Waals surface area contributed by atoms with Gasteiger partial charge in [0.15, 0.2) is 0 Å². The van der Waals surface area contributed by atoms with Crippen molar-refractivity contribution in [2.75, 3.05) is 0 Å². The summed E-state index contributed by atoms with van der Waals surface area (Å²) in [5, 5.41) is 0. The van der Waals surface area contributed by atoms with Crippen LogP contribution in [0.3, 0.4) is 0 Å². The molecule has 400 valence electrons. The number of rotatable bonds is 10. The van der Waals surface area contributed by atoms with Crippen LogP contribution in [0.5, 0.6) is 0 Å². The monoisotopic (exact) mass is 1090 g/mol. The van der Waals surface area contributed by atoms with E-state index in [0.717, 1.165) is 124 Å². The molecular formula is C77H52N8. The Balaban J connectivity index is 1.04. The van der Waals surface area contributed by atoms with Gasteiger partial charge in [0.2, 0.25) is 0 Å². The van der Waals surface area contributed by atoms with Gasteiger partial charge in [0.25, 0.3) is 0 Å². The molecule has 8 heteroatoms. The minimum atomic E-state index is -0.968. The lowest BCUT2D eigenvalue weighted by Crippen LogP contribution is -2.29. The fraction of sp³-hybridized carbons (Fsp3) is 0.0390. The standard InChI is InChI=1S/C77H52N8/c1-5-25-57(26-6-1)82-69-41-21-17-37-65(69)78-73(82)51-45-52(74-79-66-38-18-22-42-70(66)83(74)58-27-7-2-8-28-58)48-55(47-51)77(63-35-15-13-33-61(63)62-34-14-16-36-64(62)77)56-49-53(75-80-67-39-19-23-43-71(67)84(75)59-29-9-3-10-30-59)46-54(50-56)76-81-68-40-20-24-44-72(68)85(76)60-31-11-4-12-32-60/h1-31,33-50,60H,32H2. The van der Waals surface area contributed by atoms with Gasteiger partial charge in [0, 0.05) is 39.3 Å². The molecule has 1 atom stereocenters. The predicted molar refractivity (Wildman–Crippen MR) is 345 cm³/mol. The van der Waals surface area contributed by atoms with Gasteiger partial charge in [0.05, 0.1) is 55.6 Å². The summed E-state index contributed by atoms with van der Waals surface area (Å²) in [5.41, 5.74) is 20.5. The average Bonchev–Trinajstić information content (AvgIpc) is 1.65. The van der Waals surface area contributed by atoms with Crippen molar-refractivity contribution >= 4 is 44.1 Å². The Morgan fingerprint density at radius 3 is 1.07 bits per heavy atom. The lowest BCUT2D eigenvalue weighted by molar-refractivity contribution is 0.630. The molecule has 1 unspecified atom stereocenters. The first-order chi connectivity index (χ1) is 42.2. The molecule has 0 saturated carbocycles. The molecule has 17 rings (SSSR count). The summed E-state index contributed by atoms with van der Waals surface area (Å²) < 4.78 is 9.39. The quantitative estimate of drug-likeness (QED) is 0.137. The van der Waals surface area contributed by atoms with Gasteiger partial charge in [-0.15, -0.1) is 0 Å². The molecule has 0 fully saturated rings. The molecule has 0 N–H and O–H groups in total. The molecule has 85 heavy (non-hydrogen) atoms. The number of imidazole rings is 4. The summed E-state index contributed by atoms with van der Waals surface area (Å²) in [7, 11) is 0. The van der Waals surface area contributed by atoms with Crippen LogP contribution in [-0.4, -0.2) is 38.2 Å². The summed E-state index contributed by atoms with van der Waals surface area (Å²) in [6.45, 7) is 0. The molecular weight excluding hydrogens is 1040 g/mol. The fourth-order valence-corrected chi connectivity index (χ4v) is 13.7. The summed E-state index contributed by atoms with van der Waals surface area (Å²) in [6.07, 6.45) is 9.72. The van der Waals surface area contributed by atoms with E-state index >= 15 is 0 Å². The van der Waals surface area contributed by atoms with Crippen molar-refractivity contribution in [3.05, 3.63) is 320 Å². The second-order valence-corrected chi connectivity index (χ2v) is 22.1. The van der Waals surface area contributed by atoms with E-state index in [-0.39, 0.29) is 6.04 Å². The van der Waals surface area contributed by atoms with Gasteiger partial charge in [-0.05, 0) is 161 Å². The summed E-state index contributed by atoms with van der Waals surface area (Å²) in [6, 6.07) is 98.3. The maximum Gasteiger partial charge on any atom is 0.145 e. The van der Waals surface area contributed by atoms with Crippen LogP contribution in [0.15, 0.2) is 297 Å². The van der Waals surface area contributed by atoms with Crippen LogP contribution in [0.2, 0.25) is 0 Å². The molecule has 0 saturated heterocycles. The van der Waals surface area contributed by atoms with E-state index in [0.29, 0.717) is 0 Å². The van der Waals surface area contributed by atoms with Crippen molar-refractivity contribution in [3.63, 3.8) is 0 Å². The number of allylic oxidation sites excluding steroid dienone is 4. The highest BCUT2D eigenvalue weighted by Crippen LogP contribution is 2.58. The second kappa shape index (κ2) is 19.5. The number of hydrogen-bond acceptors (Lipinski definition) is 4. The third-order valence-corrected chi connectivity index (χ3v) is 17.3. The van der Waals surface area contributed by atoms with Crippen molar-refractivity contribution in [2.45, 2.75) is 17.9 Å². The first-order valence-corrected chi connectivity index (χ1v) is 29.1. The lowest BCUT2D eigenvalue weighted by Gasteiger charge is -2.35. The Kier molecular flexibility index (Phi) is 11.1. The normalized spacial score (nSPS) is 14.2. The third-order valence-electron chi connectivity index (χ3n) is 17.3. The Labute approximate surface area is 490 Å². The van der Waals surface area contributed by atoms with Crippen LogP contribution in [0, 0.1) is 0 Å². The molecule has 2 aliphatic rings. The van der Waals surface area contributed by atoms with E-state index < -0.39 is 5.41 Å². The van der Waals surface area contributed by atoms with Crippen LogP contribution in [0.4, 0.5) is 0 Å². The summed E-state index contributed by atoms with van der Waals surface area (Å²) >= 11 is 0. The lowest BCUT2D eigenvalue weighted by atomic mass is 9.66. The highest BCUT2D eigenvalue weighted by atomic mass is 15.1. The first kappa shape index (κ1) is 48.5. The Morgan fingerprint density at radius 1 is 0.318 bits per heavy atom. The van der Waals surface area contributed by atoms with Gasteiger partial charge >= 0.3 is 0 Å². The minimum Gasteiger partial charge on any atom is -0.317 e. The molecule has 4 aromatic heterocycles. The van der Waals surface area contributed by atoms with Crippen molar-refractivity contribution in [2.24, 2.45) is 0 Å². The van der Waals surface area contributed by atoms with Gasteiger partial charge < -0.3 is 4.57 Å². The highest BCUT2D eigenvalue weighted by Gasteiger charge is 2.47. The van der Waals surface area contributed by atoms with Gasteiger partial charge in [0.1, 0.15) is 23.3 Å². The predicted octanol–water partition coefficient (Wildman–Crippen LogP) is 18.1. The zero-order chi connectivity index (χ0) is 56.0. The van der Waals surface area contributed by atoms with Gasteiger partial charge in [-0.1, -0.05) is 176 Å². The number of benzene rings is 11. The average molecular weight is 1090 g/mol. The molecule has 0 aliphatic heterocycles. The largest absolute Gasteiger partial charge is 0.317 e. The first-order valence-electron chi connectivity index (χ1n) is 29.1. The Morgan fingerprint density at radius 2 is 0.659 bits per heavy atom. The zero-order valence-corrected chi connectivity index (χ0v) is 46.2. The Bertz CT molecular complexity index is 4990. The number of para-hydroxylation sites is 11. The van der Waals surface area contributed by atoms with Crippen LogP contribution in [-0.2, 0) is 5.41 Å². The molecule has 0 radical (unpaired) electrons. The van der Waals surface area contributed by atoms with Crippen molar-refractivity contribution < 1.29 is 0 Å². The fourth-order valence-electron chi connectivity index (χ4n) is 13.7. The second-order valence-electron chi connectivity index (χ2n) is 22.1. The van der Waals surface area contributed by atoms with E-state index in [9.17, 15) is 0 Å². The molecule has 0 spiro atoms. The summed E-state index contributed by atoms with van der Waals surface area (Å²) in [5.74, 6) is 3.36. The van der Waals surface area contributed by atoms with E-state index in [1.807, 2.05) is 0 Å². The number of hydrogen-bond donors (Lipinski definition) is 0. The minimum absolute atomic E-state index is 0.0299. The van der Waals surface area contributed by atoms with Gasteiger partial charge in [-0.25, -0.2) is 19.9 Å². The Hall–Kier alpha value is -11.2. The molecule has 8 nitrogen and oxygen atoms in total. The van der Waals surface area contributed by atoms with Crippen molar-refractivity contribution in [1.82, 2.24) is 38.2 Å². The molecule has 11 aromatic carbocycles. The van der Waals surface area contributed by atoms with Crippen LogP contribution in [0.25, 0.3) is 118 Å². The van der Waals surface area contributed by atoms with Crippen LogP contribution < -0.4 is 0 Å². The maximum absolute atomic E-state index is 5.65. The topological polar surface area (TPSA) is 71.3 Å². The molecule has 4 heterocycles. The molecule has 0 bridgehead atoms. The van der Waals surface area contributed by atoms with E-state index in [4.69, 9.17) is 19.9 Å². The number of aromatic nitrogens is 8. The van der Waals surface area contributed by atoms with Gasteiger partial charge in [-0.3, -0.25) is 13.7 Å². The van der Waals surface area contributed by atoms with Gasteiger partial charge in [-0.2, -0.15) is 0 Å². The summed E-state index contributed by atoms with van der Waals surface area (Å²) in [4.78, 5) is 22.5. The SMILES string of the molecule is C1=CCC(n2c(-c3cc(-c4nc5ccccc5n4-c4ccccc4)cc(C4(c5cc(-c6nc7ccccc7n6-c6ccccc6)cc(-c6nc7ccccc7n6-c6ccccc6)c5)c5ccccc5-c5ccccc54)c3)nc3ccccc32)C=C1. The van der Waals surface area contributed by atoms with E-state index in [1.165, 1.54) is 22.3 Å². The zero-order valence-electron chi connectivity index (χ0n) is 46.2. The number of nitrogens with zero attached hydrogens (tertiary/aromatic N) is 8. The van der Waals surface area contributed by atoms with Crippen molar-refractivity contribution in [3.8, 4) is 73.7 Å². The van der Waals surface area contributed by atoms with E-state index in [1.54, 1.807) is 0 Å². The third kappa shape index (κ3) is 7.62. The smallest absolute Gasteiger partial charge is 0.145 e. The molecule has 2 aliphatic carbocycles. The van der Waals surface area contributed by atoms with Crippen LogP contribution in [0.1, 0.15) is 34.7 Å². The highest BCUT2D eigenvalue weighted by molar-refractivity contribution is 5.93. The van der Waals surface area contributed by atoms with Crippen molar-refractivity contribution in [1.29, 1.82) is 0 Å². The van der Waals surface area contributed by atoms with Crippen LogP contribution >= 0.6 is 0 Å². The molecule has 15 aromatic rings. The maximum atomic E-state index is 5.65. The number of fused-ring (bicyclic) bond motifs is 7. The molecule has 0 amide bonds. The van der Waals surface area contributed by atoms with E-state index in [2.05, 4.69) is 316 Å².